The second-order valence-corrected chi connectivity index (χ2v) is 6.99. The quantitative estimate of drug-likeness (QED) is 0.670. The Labute approximate surface area is 149 Å². The summed E-state index contributed by atoms with van der Waals surface area (Å²) in [6, 6.07) is 5.68. The lowest BCUT2D eigenvalue weighted by Gasteiger charge is -2.21. The molecule has 0 bridgehead atoms. The second kappa shape index (κ2) is 8.56. The van der Waals surface area contributed by atoms with Crippen molar-refractivity contribution in [1.82, 2.24) is 0 Å². The van der Waals surface area contributed by atoms with Crippen molar-refractivity contribution < 1.29 is 23.7 Å². The van der Waals surface area contributed by atoms with E-state index >= 15 is 0 Å². The second-order valence-electron chi connectivity index (χ2n) is 6.99. The first kappa shape index (κ1) is 18.1. The highest BCUT2D eigenvalue weighted by molar-refractivity contribution is 5.75. The van der Waals surface area contributed by atoms with Crippen molar-refractivity contribution in [2.45, 2.75) is 51.2 Å². The van der Waals surface area contributed by atoms with E-state index < -0.39 is 0 Å². The van der Waals surface area contributed by atoms with Crippen LogP contribution in [-0.2, 0) is 20.9 Å². The minimum Gasteiger partial charge on any atom is -0.497 e. The fourth-order valence-corrected chi connectivity index (χ4v) is 3.45. The number of esters is 1. The van der Waals surface area contributed by atoms with Gasteiger partial charge in [-0.25, -0.2) is 0 Å². The molecule has 2 aliphatic rings. The maximum Gasteiger partial charge on any atom is 0.309 e. The van der Waals surface area contributed by atoms with Gasteiger partial charge in [-0.15, -0.1) is 0 Å². The summed E-state index contributed by atoms with van der Waals surface area (Å²) >= 11 is 0. The van der Waals surface area contributed by atoms with Gasteiger partial charge in [0.1, 0.15) is 17.6 Å². The van der Waals surface area contributed by atoms with Gasteiger partial charge in [-0.1, -0.05) is 6.42 Å². The maximum absolute atomic E-state index is 12.2. The number of hydrogen-bond donors (Lipinski definition) is 0. The lowest BCUT2D eigenvalue weighted by atomic mass is 9.98. The maximum atomic E-state index is 12.2. The van der Waals surface area contributed by atoms with Crippen LogP contribution in [0, 0.1) is 11.8 Å². The van der Waals surface area contributed by atoms with Crippen LogP contribution >= 0.6 is 0 Å². The fraction of sp³-hybridized carbons (Fsp3) is 0.650. The van der Waals surface area contributed by atoms with Crippen LogP contribution < -0.4 is 9.47 Å². The average Bonchev–Trinajstić information content (AvgIpc) is 3.42. The molecule has 0 amide bonds. The van der Waals surface area contributed by atoms with Crippen LogP contribution in [-0.4, -0.2) is 32.9 Å². The summed E-state index contributed by atoms with van der Waals surface area (Å²) < 4.78 is 22.0. The Hall–Kier alpha value is -1.75. The molecule has 0 saturated heterocycles. The topological polar surface area (TPSA) is 54.0 Å². The Bertz CT molecular complexity index is 579. The number of rotatable bonds is 8. The Morgan fingerprint density at radius 2 is 1.92 bits per heavy atom. The predicted molar refractivity (Wildman–Crippen MR) is 93.8 cm³/mol. The zero-order valence-corrected chi connectivity index (χ0v) is 15.2. The molecule has 138 valence electrons. The van der Waals surface area contributed by atoms with E-state index in [0.29, 0.717) is 19.1 Å². The molecule has 0 spiro atoms. The summed E-state index contributed by atoms with van der Waals surface area (Å²) in [7, 11) is 3.26. The summed E-state index contributed by atoms with van der Waals surface area (Å²) in [6.07, 6.45) is 6.70. The van der Waals surface area contributed by atoms with E-state index in [1.807, 2.05) is 18.2 Å². The van der Waals surface area contributed by atoms with Crippen molar-refractivity contribution in [1.29, 1.82) is 0 Å². The number of benzene rings is 1. The van der Waals surface area contributed by atoms with Crippen LogP contribution in [0.1, 0.15) is 44.1 Å². The number of carbonyl (C=O) groups excluding carboxylic acids is 1. The van der Waals surface area contributed by atoms with Crippen LogP contribution in [0.3, 0.4) is 0 Å². The minimum atomic E-state index is -0.0254. The molecule has 2 aliphatic carbocycles. The van der Waals surface area contributed by atoms with Gasteiger partial charge in [-0.05, 0) is 50.2 Å². The predicted octanol–water partition coefficient (Wildman–Crippen LogP) is 3.73. The van der Waals surface area contributed by atoms with Gasteiger partial charge in [0.25, 0.3) is 0 Å². The van der Waals surface area contributed by atoms with Gasteiger partial charge in [-0.2, -0.15) is 0 Å². The van der Waals surface area contributed by atoms with Gasteiger partial charge in [-0.3, -0.25) is 4.79 Å². The molecule has 0 heterocycles. The van der Waals surface area contributed by atoms with Crippen molar-refractivity contribution in [2.75, 3.05) is 20.8 Å². The van der Waals surface area contributed by atoms with E-state index in [0.717, 1.165) is 36.3 Å². The summed E-state index contributed by atoms with van der Waals surface area (Å²) in [5.41, 5.74) is 0.977. The number of hydrogen-bond acceptors (Lipinski definition) is 5. The highest BCUT2D eigenvalue weighted by atomic mass is 16.5. The smallest absolute Gasteiger partial charge is 0.309 e. The molecule has 3 rings (SSSR count). The molecule has 0 radical (unpaired) electrons. The zero-order valence-electron chi connectivity index (χ0n) is 15.2. The molecule has 2 atom stereocenters. The third-order valence-electron chi connectivity index (χ3n) is 5.14. The zero-order chi connectivity index (χ0) is 17.6. The molecule has 0 aliphatic heterocycles. The third-order valence-corrected chi connectivity index (χ3v) is 5.14. The lowest BCUT2D eigenvalue weighted by Crippen LogP contribution is -2.22. The highest BCUT2D eigenvalue weighted by Gasteiger charge is 2.45. The van der Waals surface area contributed by atoms with Gasteiger partial charge in [0.05, 0.1) is 33.4 Å². The SMILES string of the molecule is COc1ccc(COCC2CC2C(=O)OC2CCCCC2)c(OC)c1. The highest BCUT2D eigenvalue weighted by Crippen LogP contribution is 2.40. The first-order chi connectivity index (χ1) is 12.2. The van der Waals surface area contributed by atoms with Gasteiger partial charge in [0.2, 0.25) is 0 Å². The first-order valence-electron chi connectivity index (χ1n) is 9.20. The Balaban J connectivity index is 1.39. The Morgan fingerprint density at radius 3 is 2.64 bits per heavy atom. The van der Waals surface area contributed by atoms with Gasteiger partial charge in [0, 0.05) is 11.6 Å². The van der Waals surface area contributed by atoms with Crippen molar-refractivity contribution in [3.8, 4) is 11.5 Å². The Morgan fingerprint density at radius 1 is 1.12 bits per heavy atom. The molecule has 2 fully saturated rings. The van der Waals surface area contributed by atoms with Crippen molar-refractivity contribution >= 4 is 5.97 Å². The van der Waals surface area contributed by atoms with E-state index in [1.54, 1.807) is 14.2 Å². The van der Waals surface area contributed by atoms with Crippen molar-refractivity contribution in [3.63, 3.8) is 0 Å². The molecule has 2 saturated carbocycles. The average molecular weight is 348 g/mol. The van der Waals surface area contributed by atoms with E-state index in [9.17, 15) is 4.79 Å². The van der Waals surface area contributed by atoms with Crippen LogP contribution in [0.25, 0.3) is 0 Å². The summed E-state index contributed by atoms with van der Waals surface area (Å²) in [5, 5.41) is 0. The molecule has 1 aromatic carbocycles. The van der Waals surface area contributed by atoms with Crippen LogP contribution in [0.15, 0.2) is 18.2 Å². The normalized spacial score (nSPS) is 23.1. The van der Waals surface area contributed by atoms with Crippen LogP contribution in [0.4, 0.5) is 0 Å². The number of carbonyl (C=O) groups is 1. The molecule has 5 nitrogen and oxygen atoms in total. The first-order valence-corrected chi connectivity index (χ1v) is 9.20. The molecule has 0 aromatic heterocycles. The van der Waals surface area contributed by atoms with E-state index in [1.165, 1.54) is 19.3 Å². The summed E-state index contributed by atoms with van der Waals surface area (Å²) in [6.45, 7) is 1.05. The third kappa shape index (κ3) is 4.88. The van der Waals surface area contributed by atoms with Gasteiger partial charge < -0.3 is 18.9 Å². The molecule has 2 unspecified atom stereocenters. The van der Waals surface area contributed by atoms with Crippen LogP contribution in [0.2, 0.25) is 0 Å². The molecule has 5 heteroatoms. The standard InChI is InChI=1S/C20H28O5/c1-22-17-9-8-14(19(11-17)23-2)12-24-13-15-10-18(15)20(21)25-16-6-4-3-5-7-16/h8-9,11,15-16,18H,3-7,10,12-13H2,1-2H3. The van der Waals surface area contributed by atoms with E-state index in [-0.39, 0.29) is 18.0 Å². The largest absolute Gasteiger partial charge is 0.497 e. The van der Waals surface area contributed by atoms with E-state index in [4.69, 9.17) is 18.9 Å². The fourth-order valence-electron chi connectivity index (χ4n) is 3.45. The van der Waals surface area contributed by atoms with Crippen molar-refractivity contribution in [2.24, 2.45) is 11.8 Å². The van der Waals surface area contributed by atoms with Gasteiger partial charge >= 0.3 is 5.97 Å². The van der Waals surface area contributed by atoms with Crippen LogP contribution in [0.5, 0.6) is 11.5 Å². The summed E-state index contributed by atoms with van der Waals surface area (Å²) in [5.74, 6) is 1.80. The van der Waals surface area contributed by atoms with Crippen molar-refractivity contribution in [3.05, 3.63) is 23.8 Å². The molecule has 25 heavy (non-hydrogen) atoms. The van der Waals surface area contributed by atoms with E-state index in [2.05, 4.69) is 0 Å². The number of ether oxygens (including phenoxy) is 4. The van der Waals surface area contributed by atoms with Gasteiger partial charge in [0.15, 0.2) is 0 Å². The molecule has 0 N–H and O–H groups in total. The summed E-state index contributed by atoms with van der Waals surface area (Å²) in [4.78, 5) is 12.2. The molecular formula is C20H28O5. The number of methoxy groups -OCH3 is 2. The molecular weight excluding hydrogens is 320 g/mol. The monoisotopic (exact) mass is 348 g/mol. The lowest BCUT2D eigenvalue weighted by molar-refractivity contribution is -0.152. The molecule has 1 aromatic rings. The Kier molecular flexibility index (Phi) is 6.19. The minimum absolute atomic E-state index is 0.0254.